The molecular formula is C15H21ClN2O2. The summed E-state index contributed by atoms with van der Waals surface area (Å²) in [5.41, 5.74) is 1.36. The van der Waals surface area contributed by atoms with Crippen molar-refractivity contribution in [2.24, 2.45) is 0 Å². The Balaban J connectivity index is 2.09. The van der Waals surface area contributed by atoms with E-state index < -0.39 is 5.97 Å². The quantitative estimate of drug-likeness (QED) is 0.931. The van der Waals surface area contributed by atoms with Gasteiger partial charge in [0, 0.05) is 36.7 Å². The van der Waals surface area contributed by atoms with Crippen LogP contribution >= 0.6 is 11.6 Å². The van der Waals surface area contributed by atoms with Gasteiger partial charge in [0.05, 0.1) is 5.56 Å². The number of hydrogen-bond acceptors (Lipinski definition) is 3. The summed E-state index contributed by atoms with van der Waals surface area (Å²) in [6.07, 6.45) is 0. The molecule has 0 aromatic heterocycles. The van der Waals surface area contributed by atoms with Crippen LogP contribution in [0, 0.1) is 0 Å². The van der Waals surface area contributed by atoms with Crippen molar-refractivity contribution < 1.29 is 9.90 Å². The van der Waals surface area contributed by atoms with Crippen molar-refractivity contribution in [1.82, 2.24) is 9.80 Å². The van der Waals surface area contributed by atoms with Gasteiger partial charge in [-0.3, -0.25) is 9.80 Å². The molecule has 1 aliphatic rings. The number of benzene rings is 1. The highest BCUT2D eigenvalue weighted by Crippen LogP contribution is 2.24. The summed E-state index contributed by atoms with van der Waals surface area (Å²) in [5.74, 6) is -0.945. The number of carboxylic acid groups (broad SMARTS) is 1. The zero-order chi connectivity index (χ0) is 14.9. The van der Waals surface area contributed by atoms with E-state index in [4.69, 9.17) is 16.7 Å². The highest BCUT2D eigenvalue weighted by atomic mass is 35.5. The van der Waals surface area contributed by atoms with Gasteiger partial charge in [0.15, 0.2) is 0 Å². The molecule has 1 aromatic carbocycles. The van der Waals surface area contributed by atoms with Crippen molar-refractivity contribution in [3.05, 3.63) is 34.3 Å². The van der Waals surface area contributed by atoms with Crippen LogP contribution in [0.3, 0.4) is 0 Å². The Labute approximate surface area is 124 Å². The first-order valence-corrected chi connectivity index (χ1v) is 7.13. The summed E-state index contributed by atoms with van der Waals surface area (Å²) in [6.45, 7) is 8.22. The molecule has 2 rings (SSSR count). The monoisotopic (exact) mass is 296 g/mol. The molecule has 4 nitrogen and oxygen atoms in total. The average Bonchev–Trinajstić information content (AvgIpc) is 2.35. The van der Waals surface area contributed by atoms with Crippen LogP contribution in [0.4, 0.5) is 0 Å². The molecule has 0 spiro atoms. The first kappa shape index (κ1) is 15.3. The van der Waals surface area contributed by atoms with E-state index in [1.54, 1.807) is 6.07 Å². The molecular weight excluding hydrogens is 276 g/mol. The largest absolute Gasteiger partial charge is 0.478 e. The van der Waals surface area contributed by atoms with Crippen molar-refractivity contribution >= 4 is 17.6 Å². The maximum Gasteiger partial charge on any atom is 0.335 e. The second kappa shape index (κ2) is 5.72. The number of rotatable bonds is 3. The summed E-state index contributed by atoms with van der Waals surface area (Å²) in [5, 5.41) is 9.47. The third-order valence-corrected chi connectivity index (χ3v) is 4.44. The first-order chi connectivity index (χ1) is 9.29. The summed E-state index contributed by atoms with van der Waals surface area (Å²) >= 11 is 6.19. The lowest BCUT2D eigenvalue weighted by atomic mass is 9.99. The molecule has 0 aliphatic carbocycles. The van der Waals surface area contributed by atoms with Gasteiger partial charge in [-0.25, -0.2) is 4.79 Å². The number of aromatic carboxylic acids is 1. The van der Waals surface area contributed by atoms with E-state index in [1.165, 1.54) is 6.07 Å². The molecule has 5 heteroatoms. The van der Waals surface area contributed by atoms with Gasteiger partial charge in [0.1, 0.15) is 0 Å². The molecule has 1 fully saturated rings. The molecule has 110 valence electrons. The standard InChI is InChI=1S/C15H21ClN2O2/c1-15(2)10-18(7-6-17(15)3)9-12-5-4-11(14(19)20)8-13(12)16/h4-5,8H,6-7,9-10H2,1-3H3,(H,19,20). The molecule has 0 unspecified atom stereocenters. The number of hydrogen-bond donors (Lipinski definition) is 1. The van der Waals surface area contributed by atoms with E-state index >= 15 is 0 Å². The van der Waals surface area contributed by atoms with E-state index in [1.807, 2.05) is 6.07 Å². The van der Waals surface area contributed by atoms with Crippen LogP contribution in [0.1, 0.15) is 29.8 Å². The molecule has 1 aromatic rings. The molecule has 1 N–H and O–H groups in total. The van der Waals surface area contributed by atoms with Crippen LogP contribution in [0.15, 0.2) is 18.2 Å². The number of likely N-dealkylation sites (N-methyl/N-ethyl adjacent to an activating group) is 1. The lowest BCUT2D eigenvalue weighted by Crippen LogP contribution is -2.57. The van der Waals surface area contributed by atoms with Crippen molar-refractivity contribution in [2.75, 3.05) is 26.7 Å². The van der Waals surface area contributed by atoms with Crippen LogP contribution in [-0.4, -0.2) is 53.1 Å². The summed E-state index contributed by atoms with van der Waals surface area (Å²) in [6, 6.07) is 4.96. The fourth-order valence-electron chi connectivity index (χ4n) is 2.53. The second-order valence-corrected chi connectivity index (χ2v) is 6.46. The molecule has 0 atom stereocenters. The van der Waals surface area contributed by atoms with E-state index in [-0.39, 0.29) is 11.1 Å². The molecule has 1 aliphatic heterocycles. The van der Waals surface area contributed by atoms with Gasteiger partial charge in [0.25, 0.3) is 0 Å². The number of carbonyl (C=O) groups is 1. The van der Waals surface area contributed by atoms with Crippen LogP contribution in [0.2, 0.25) is 5.02 Å². The van der Waals surface area contributed by atoms with E-state index in [0.29, 0.717) is 5.02 Å². The van der Waals surface area contributed by atoms with Gasteiger partial charge in [-0.2, -0.15) is 0 Å². The molecule has 0 bridgehead atoms. The molecule has 1 heterocycles. The Hall–Kier alpha value is -1.10. The minimum absolute atomic E-state index is 0.145. The summed E-state index contributed by atoms with van der Waals surface area (Å²) in [4.78, 5) is 15.6. The minimum Gasteiger partial charge on any atom is -0.478 e. The normalized spacial score (nSPS) is 20.0. The average molecular weight is 297 g/mol. The van der Waals surface area contributed by atoms with Gasteiger partial charge in [0.2, 0.25) is 0 Å². The third-order valence-electron chi connectivity index (χ3n) is 4.09. The SMILES string of the molecule is CN1CCN(Cc2ccc(C(=O)O)cc2Cl)CC1(C)C. The smallest absolute Gasteiger partial charge is 0.335 e. The van der Waals surface area contributed by atoms with Crippen molar-refractivity contribution in [3.63, 3.8) is 0 Å². The Morgan fingerprint density at radius 2 is 2.10 bits per heavy atom. The minimum atomic E-state index is -0.945. The Bertz CT molecular complexity index is 517. The van der Waals surface area contributed by atoms with Gasteiger partial charge in [-0.05, 0) is 38.6 Å². The first-order valence-electron chi connectivity index (χ1n) is 6.75. The predicted molar refractivity (Wildman–Crippen MR) is 80.4 cm³/mol. The van der Waals surface area contributed by atoms with Gasteiger partial charge in [-0.15, -0.1) is 0 Å². The second-order valence-electron chi connectivity index (χ2n) is 6.06. The fraction of sp³-hybridized carbons (Fsp3) is 0.533. The van der Waals surface area contributed by atoms with E-state index in [9.17, 15) is 4.79 Å². The maximum atomic E-state index is 10.9. The number of carboxylic acids is 1. The van der Waals surface area contributed by atoms with Crippen LogP contribution in [0.5, 0.6) is 0 Å². The van der Waals surface area contributed by atoms with Gasteiger partial charge >= 0.3 is 5.97 Å². The Morgan fingerprint density at radius 1 is 1.40 bits per heavy atom. The van der Waals surface area contributed by atoms with Crippen LogP contribution < -0.4 is 0 Å². The number of nitrogens with zero attached hydrogens (tertiary/aromatic N) is 2. The number of halogens is 1. The van der Waals surface area contributed by atoms with Crippen LogP contribution in [-0.2, 0) is 6.54 Å². The zero-order valence-electron chi connectivity index (χ0n) is 12.2. The van der Waals surface area contributed by atoms with Crippen molar-refractivity contribution in [1.29, 1.82) is 0 Å². The molecule has 20 heavy (non-hydrogen) atoms. The van der Waals surface area contributed by atoms with Crippen LogP contribution in [0.25, 0.3) is 0 Å². The van der Waals surface area contributed by atoms with Gasteiger partial charge in [-0.1, -0.05) is 17.7 Å². The van der Waals surface area contributed by atoms with E-state index in [2.05, 4.69) is 30.7 Å². The lowest BCUT2D eigenvalue weighted by Gasteiger charge is -2.45. The molecule has 1 saturated heterocycles. The predicted octanol–water partition coefficient (Wildman–Crippen LogP) is 2.56. The molecule has 0 saturated carbocycles. The topological polar surface area (TPSA) is 43.8 Å². The summed E-state index contributed by atoms with van der Waals surface area (Å²) < 4.78 is 0. The Kier molecular flexibility index (Phi) is 4.37. The molecule has 0 amide bonds. The summed E-state index contributed by atoms with van der Waals surface area (Å²) in [7, 11) is 2.14. The maximum absolute atomic E-state index is 10.9. The highest BCUT2D eigenvalue weighted by Gasteiger charge is 2.31. The Morgan fingerprint density at radius 3 is 2.65 bits per heavy atom. The number of piperazine rings is 1. The molecule has 0 radical (unpaired) electrons. The van der Waals surface area contributed by atoms with Crippen molar-refractivity contribution in [3.8, 4) is 0 Å². The fourth-order valence-corrected chi connectivity index (χ4v) is 2.77. The third kappa shape index (κ3) is 3.32. The van der Waals surface area contributed by atoms with E-state index in [0.717, 1.165) is 31.7 Å². The van der Waals surface area contributed by atoms with Crippen molar-refractivity contribution in [2.45, 2.75) is 25.9 Å². The zero-order valence-corrected chi connectivity index (χ0v) is 12.9. The highest BCUT2D eigenvalue weighted by molar-refractivity contribution is 6.31. The lowest BCUT2D eigenvalue weighted by molar-refractivity contribution is 0.0360. The van der Waals surface area contributed by atoms with Gasteiger partial charge < -0.3 is 5.11 Å².